The SMILES string of the molecule is NC(N)=NCCC[C@@H]1NC(=O)C(Cc2ccccc2)NC(=O)[C@H](Cc2cnc[nH]2)NC(=O)COCCOCCNC(=O)C(Cc2c[nH]c3ccccc23)NC1=O. The fourth-order valence-electron chi connectivity index (χ4n) is 6.19. The van der Waals surface area contributed by atoms with Gasteiger partial charge in [-0.2, -0.15) is 0 Å². The van der Waals surface area contributed by atoms with E-state index >= 15 is 0 Å². The molecule has 298 valence electrons. The molecule has 1 aliphatic heterocycles. The summed E-state index contributed by atoms with van der Waals surface area (Å²) in [5.74, 6) is -3.10. The van der Waals surface area contributed by atoms with Crippen LogP contribution in [0, 0.1) is 0 Å². The predicted molar refractivity (Wildman–Crippen MR) is 207 cm³/mol. The van der Waals surface area contributed by atoms with Crippen molar-refractivity contribution < 1.29 is 33.4 Å². The molecule has 18 nitrogen and oxygen atoms in total. The number of aromatic nitrogens is 3. The maximum atomic E-state index is 14.2. The standard InChI is InChI=1S/C38H49N11O7/c39-38(40)43-12-6-11-29-35(52)49-31(18-25-20-44-28-10-5-4-9-27(25)28)34(51)42-13-14-55-15-16-56-22-33(50)46-32(19-26-21-41-23-45-26)37(54)48-30(36(53)47-29)17-24-7-2-1-3-8-24/h1-5,7-10,20-21,23,29-32,44H,6,11-19,22H2,(H,41,45)(H,42,51)(H,46,50)(H,47,53)(H,48,54)(H,49,52)(H4,39,40,43)/t29-,30?,31?,32-/m0/s1. The molecule has 5 amide bonds. The van der Waals surface area contributed by atoms with Crippen LogP contribution in [0.4, 0.5) is 0 Å². The van der Waals surface area contributed by atoms with Gasteiger partial charge in [-0.3, -0.25) is 29.0 Å². The summed E-state index contributed by atoms with van der Waals surface area (Å²) in [5, 5.41) is 14.9. The molecule has 11 N–H and O–H groups in total. The van der Waals surface area contributed by atoms with Crippen LogP contribution in [0.2, 0.25) is 0 Å². The van der Waals surface area contributed by atoms with Gasteiger partial charge in [-0.25, -0.2) is 4.98 Å². The highest BCUT2D eigenvalue weighted by Gasteiger charge is 2.32. The molecule has 0 aliphatic carbocycles. The molecular weight excluding hydrogens is 722 g/mol. The first-order chi connectivity index (χ1) is 27.2. The van der Waals surface area contributed by atoms with Gasteiger partial charge in [0.1, 0.15) is 30.8 Å². The highest BCUT2D eigenvalue weighted by atomic mass is 16.5. The van der Waals surface area contributed by atoms with Gasteiger partial charge in [0.2, 0.25) is 29.5 Å². The number of rotatable bonds is 10. The van der Waals surface area contributed by atoms with E-state index < -0.39 is 53.7 Å². The number of hydrogen-bond acceptors (Lipinski definition) is 9. The molecule has 4 atom stereocenters. The van der Waals surface area contributed by atoms with Gasteiger partial charge in [0, 0.05) is 61.3 Å². The summed E-state index contributed by atoms with van der Waals surface area (Å²) in [6.45, 7) is 0.279. The number of fused-ring (bicyclic) bond motifs is 1. The number of H-pyrrole nitrogens is 2. The normalized spacial score (nSPS) is 21.1. The second-order valence-corrected chi connectivity index (χ2v) is 13.2. The minimum atomic E-state index is -1.19. The van der Waals surface area contributed by atoms with Gasteiger partial charge >= 0.3 is 0 Å². The molecule has 1 fully saturated rings. The topological polar surface area (TPSA) is 273 Å². The van der Waals surface area contributed by atoms with E-state index in [1.807, 2.05) is 30.3 Å². The molecule has 0 saturated carbocycles. The van der Waals surface area contributed by atoms with Crippen LogP contribution in [-0.4, -0.2) is 114 Å². The number of nitrogens with zero attached hydrogens (tertiary/aromatic N) is 2. The summed E-state index contributed by atoms with van der Waals surface area (Å²) < 4.78 is 11.1. The van der Waals surface area contributed by atoms with Gasteiger partial charge in [-0.15, -0.1) is 0 Å². The Kier molecular flexibility index (Phi) is 15.3. The van der Waals surface area contributed by atoms with Crippen molar-refractivity contribution in [2.45, 2.75) is 56.3 Å². The number of carbonyl (C=O) groups excluding carboxylic acids is 5. The minimum Gasteiger partial charge on any atom is -0.377 e. The number of hydrogen-bond donors (Lipinski definition) is 9. The van der Waals surface area contributed by atoms with Crippen molar-refractivity contribution >= 4 is 46.4 Å². The summed E-state index contributed by atoms with van der Waals surface area (Å²) in [6.07, 6.45) is 5.38. The predicted octanol–water partition coefficient (Wildman–Crippen LogP) is -0.925. The lowest BCUT2D eigenvalue weighted by Crippen LogP contribution is -2.59. The summed E-state index contributed by atoms with van der Waals surface area (Å²) in [5.41, 5.74) is 14.0. The number of aliphatic imine (C=N–C) groups is 1. The number of amides is 5. The smallest absolute Gasteiger partial charge is 0.246 e. The Balaban J connectivity index is 1.44. The van der Waals surface area contributed by atoms with Crippen LogP contribution in [0.1, 0.15) is 29.7 Å². The van der Waals surface area contributed by atoms with E-state index in [0.29, 0.717) is 12.1 Å². The fraction of sp³-hybridized carbons (Fsp3) is 0.395. The molecule has 4 aromatic rings. The zero-order chi connectivity index (χ0) is 39.7. The van der Waals surface area contributed by atoms with Crippen LogP contribution in [-0.2, 0) is 52.7 Å². The van der Waals surface area contributed by atoms with Crippen LogP contribution in [0.15, 0.2) is 78.3 Å². The molecule has 56 heavy (non-hydrogen) atoms. The van der Waals surface area contributed by atoms with Crippen molar-refractivity contribution in [3.05, 3.63) is 90.1 Å². The molecule has 5 rings (SSSR count). The van der Waals surface area contributed by atoms with Crippen molar-refractivity contribution in [1.82, 2.24) is 41.5 Å². The summed E-state index contributed by atoms with van der Waals surface area (Å²) in [4.78, 5) is 83.1. The Morgan fingerprint density at radius 3 is 2.16 bits per heavy atom. The van der Waals surface area contributed by atoms with E-state index in [0.717, 1.165) is 22.0 Å². The van der Waals surface area contributed by atoms with E-state index in [9.17, 15) is 24.0 Å². The lowest BCUT2D eigenvalue weighted by molar-refractivity contribution is -0.135. The lowest BCUT2D eigenvalue weighted by Gasteiger charge is -2.26. The van der Waals surface area contributed by atoms with Crippen molar-refractivity contribution in [3.63, 3.8) is 0 Å². The molecule has 1 aliphatic rings. The van der Waals surface area contributed by atoms with Gasteiger partial charge in [0.25, 0.3) is 0 Å². The first-order valence-electron chi connectivity index (χ1n) is 18.4. The van der Waals surface area contributed by atoms with E-state index in [1.54, 1.807) is 30.5 Å². The van der Waals surface area contributed by atoms with Crippen LogP contribution in [0.25, 0.3) is 10.9 Å². The third-order valence-electron chi connectivity index (χ3n) is 9.01. The maximum Gasteiger partial charge on any atom is 0.246 e. The number of nitrogens with one attached hydrogen (secondary N) is 7. The van der Waals surface area contributed by atoms with E-state index in [4.69, 9.17) is 20.9 Å². The number of aromatic amines is 2. The zero-order valence-corrected chi connectivity index (χ0v) is 30.9. The maximum absolute atomic E-state index is 14.2. The number of para-hydroxylation sites is 1. The number of guanidine groups is 1. The van der Waals surface area contributed by atoms with Crippen molar-refractivity contribution in [1.29, 1.82) is 0 Å². The van der Waals surface area contributed by atoms with E-state index in [1.165, 1.54) is 12.5 Å². The van der Waals surface area contributed by atoms with E-state index in [2.05, 4.69) is 46.5 Å². The van der Waals surface area contributed by atoms with Crippen molar-refractivity contribution in [2.75, 3.05) is 39.5 Å². The highest BCUT2D eigenvalue weighted by Crippen LogP contribution is 2.19. The largest absolute Gasteiger partial charge is 0.377 e. The first kappa shape index (κ1) is 40.9. The number of benzene rings is 2. The second kappa shape index (κ2) is 21.0. The minimum absolute atomic E-state index is 0.0367. The van der Waals surface area contributed by atoms with Gasteiger partial charge in [-0.05, 0) is 30.0 Å². The van der Waals surface area contributed by atoms with Gasteiger partial charge in [-0.1, -0.05) is 48.5 Å². The Bertz CT molecular complexity index is 1930. The molecule has 2 unspecified atom stereocenters. The average molecular weight is 772 g/mol. The van der Waals surface area contributed by atoms with Gasteiger partial charge < -0.3 is 57.5 Å². The van der Waals surface area contributed by atoms with Gasteiger partial charge in [0.15, 0.2) is 5.96 Å². The number of imidazole rings is 1. The first-order valence-corrected chi connectivity index (χ1v) is 18.4. The van der Waals surface area contributed by atoms with Crippen molar-refractivity contribution in [2.24, 2.45) is 16.5 Å². The molecule has 3 heterocycles. The molecule has 0 spiro atoms. The monoisotopic (exact) mass is 771 g/mol. The molecule has 18 heteroatoms. The molecule has 2 aromatic heterocycles. The summed E-state index contributed by atoms with van der Waals surface area (Å²) in [7, 11) is 0. The summed E-state index contributed by atoms with van der Waals surface area (Å²) in [6, 6.07) is 12.1. The quantitative estimate of drug-likeness (QED) is 0.0543. The Labute approximate surface area is 323 Å². The highest BCUT2D eigenvalue weighted by molar-refractivity contribution is 5.96. The van der Waals surface area contributed by atoms with Gasteiger partial charge in [0.05, 0.1) is 26.1 Å². The second-order valence-electron chi connectivity index (χ2n) is 13.2. The number of carbonyl (C=O) groups is 5. The van der Waals surface area contributed by atoms with Crippen LogP contribution in [0.3, 0.4) is 0 Å². The zero-order valence-electron chi connectivity index (χ0n) is 30.9. The van der Waals surface area contributed by atoms with Crippen molar-refractivity contribution in [3.8, 4) is 0 Å². The number of nitrogens with two attached hydrogens (primary N) is 2. The molecule has 1 saturated heterocycles. The van der Waals surface area contributed by atoms with Crippen LogP contribution in [0.5, 0.6) is 0 Å². The lowest BCUT2D eigenvalue weighted by atomic mass is 10.0. The Hall–Kier alpha value is -6.27. The molecule has 2 aromatic carbocycles. The third kappa shape index (κ3) is 12.7. The van der Waals surface area contributed by atoms with Crippen LogP contribution >= 0.6 is 0 Å². The Morgan fingerprint density at radius 1 is 0.732 bits per heavy atom. The van der Waals surface area contributed by atoms with Crippen LogP contribution < -0.4 is 38.1 Å². The molecule has 0 bridgehead atoms. The molecule has 0 radical (unpaired) electrons. The summed E-state index contributed by atoms with van der Waals surface area (Å²) >= 11 is 0. The number of ether oxygens (including phenoxy) is 2. The third-order valence-corrected chi connectivity index (χ3v) is 9.01. The fourth-order valence-corrected chi connectivity index (χ4v) is 6.19. The van der Waals surface area contributed by atoms with E-state index in [-0.39, 0.29) is 71.2 Å². The average Bonchev–Trinajstić information content (AvgIpc) is 3.86. The molecular formula is C38H49N11O7. The Morgan fingerprint density at radius 2 is 1.41 bits per heavy atom.